The number of piperazine rings is 1. The lowest BCUT2D eigenvalue weighted by Gasteiger charge is -2.34. The van der Waals surface area contributed by atoms with Crippen molar-refractivity contribution in [1.82, 2.24) is 14.2 Å². The van der Waals surface area contributed by atoms with E-state index in [1.165, 1.54) is 28.6 Å². The molecule has 1 aliphatic rings. The minimum Gasteiger partial charge on any atom is -0.345 e. The molecule has 0 saturated carbocycles. The molecule has 0 bridgehead atoms. The van der Waals surface area contributed by atoms with Gasteiger partial charge in [0.15, 0.2) is 5.13 Å². The van der Waals surface area contributed by atoms with Gasteiger partial charge in [-0.15, -0.1) is 13.2 Å². The molecule has 7 nitrogen and oxygen atoms in total. The molecular weight excluding hydrogens is 492 g/mol. The Labute approximate surface area is 208 Å². The zero-order valence-electron chi connectivity index (χ0n) is 18.6. The Morgan fingerprint density at radius 3 is 2.32 bits per heavy atom. The molecule has 1 aliphatic heterocycles. The van der Waals surface area contributed by atoms with Gasteiger partial charge < -0.3 is 9.80 Å². The zero-order chi connectivity index (χ0) is 24.3. The Bertz CT molecular complexity index is 1300. The number of thiazole rings is 1. The maximum Gasteiger partial charge on any atom is 0.253 e. The third-order valence-corrected chi connectivity index (χ3v) is 8.74. The van der Waals surface area contributed by atoms with Crippen LogP contribution in [0.1, 0.15) is 10.4 Å². The SMILES string of the molecule is C=CCN(CC=C)S(=O)(=O)c1ccc(C(=O)N2CCN(c3nc4ccc(Cl)cc4s3)CC2)cc1. The molecule has 0 atom stereocenters. The Hall–Kier alpha value is -2.72. The molecule has 2 heterocycles. The molecule has 0 aliphatic carbocycles. The van der Waals surface area contributed by atoms with Crippen molar-refractivity contribution in [3.8, 4) is 0 Å². The fraction of sp³-hybridized carbons (Fsp3) is 0.250. The summed E-state index contributed by atoms with van der Waals surface area (Å²) >= 11 is 7.67. The molecule has 1 saturated heterocycles. The molecule has 1 amide bonds. The summed E-state index contributed by atoms with van der Waals surface area (Å²) in [5.74, 6) is -0.117. The number of aromatic nitrogens is 1. The maximum atomic E-state index is 13.0. The van der Waals surface area contributed by atoms with Crippen LogP contribution in [-0.2, 0) is 10.0 Å². The van der Waals surface area contributed by atoms with Crippen LogP contribution in [0.15, 0.2) is 72.7 Å². The second-order valence-electron chi connectivity index (χ2n) is 7.81. The number of carbonyl (C=O) groups is 1. The standard InChI is InChI=1S/C24H25ClN4O3S2/c1-3-11-29(12-4-2)34(31,32)20-8-5-18(6-9-20)23(30)27-13-15-28(16-14-27)24-26-21-10-7-19(25)17-22(21)33-24/h3-10,17H,1-2,11-16H2. The van der Waals surface area contributed by atoms with Gasteiger partial charge in [0.1, 0.15) is 0 Å². The van der Waals surface area contributed by atoms with Crippen LogP contribution in [-0.4, -0.2) is 67.8 Å². The van der Waals surface area contributed by atoms with Crippen LogP contribution in [0.3, 0.4) is 0 Å². The van der Waals surface area contributed by atoms with Gasteiger partial charge in [-0.3, -0.25) is 4.79 Å². The number of fused-ring (bicyclic) bond motifs is 1. The minimum absolute atomic E-state index is 0.117. The first kappa shape index (κ1) is 24.4. The van der Waals surface area contributed by atoms with Gasteiger partial charge >= 0.3 is 0 Å². The van der Waals surface area contributed by atoms with Crippen LogP contribution in [0.5, 0.6) is 0 Å². The number of hydrogen-bond acceptors (Lipinski definition) is 6. The van der Waals surface area contributed by atoms with E-state index in [-0.39, 0.29) is 23.9 Å². The van der Waals surface area contributed by atoms with Crippen LogP contribution in [0.4, 0.5) is 5.13 Å². The van der Waals surface area contributed by atoms with Crippen molar-refractivity contribution in [1.29, 1.82) is 0 Å². The maximum absolute atomic E-state index is 13.0. The van der Waals surface area contributed by atoms with Crippen molar-refractivity contribution in [2.75, 3.05) is 44.2 Å². The first-order valence-electron chi connectivity index (χ1n) is 10.8. The summed E-state index contributed by atoms with van der Waals surface area (Å²) in [7, 11) is -3.70. The van der Waals surface area contributed by atoms with E-state index in [9.17, 15) is 13.2 Å². The van der Waals surface area contributed by atoms with Gasteiger partial charge in [-0.25, -0.2) is 13.4 Å². The van der Waals surface area contributed by atoms with Crippen molar-refractivity contribution in [3.63, 3.8) is 0 Å². The molecule has 1 aromatic heterocycles. The molecule has 4 rings (SSSR count). The number of anilines is 1. The summed E-state index contributed by atoms with van der Waals surface area (Å²) in [4.78, 5) is 21.8. The van der Waals surface area contributed by atoms with Crippen LogP contribution in [0.2, 0.25) is 5.02 Å². The van der Waals surface area contributed by atoms with Gasteiger partial charge in [0, 0.05) is 49.9 Å². The van der Waals surface area contributed by atoms with Crippen molar-refractivity contribution < 1.29 is 13.2 Å². The predicted molar refractivity (Wildman–Crippen MR) is 138 cm³/mol. The highest BCUT2D eigenvalue weighted by Crippen LogP contribution is 2.31. The molecule has 0 spiro atoms. The van der Waals surface area contributed by atoms with Gasteiger partial charge in [0.25, 0.3) is 5.91 Å². The van der Waals surface area contributed by atoms with Crippen molar-refractivity contribution in [3.05, 3.63) is 78.4 Å². The molecule has 10 heteroatoms. The first-order chi connectivity index (χ1) is 16.3. The summed E-state index contributed by atoms with van der Waals surface area (Å²) in [5.41, 5.74) is 1.37. The lowest BCUT2D eigenvalue weighted by Crippen LogP contribution is -2.48. The third-order valence-electron chi connectivity index (χ3n) is 5.58. The van der Waals surface area contributed by atoms with Gasteiger partial charge in [0.05, 0.1) is 15.1 Å². The third kappa shape index (κ3) is 5.02. The number of sulfonamides is 1. The highest BCUT2D eigenvalue weighted by molar-refractivity contribution is 7.89. The Kier molecular flexibility index (Phi) is 7.37. The van der Waals surface area contributed by atoms with E-state index < -0.39 is 10.0 Å². The van der Waals surface area contributed by atoms with E-state index in [0.717, 1.165) is 15.3 Å². The van der Waals surface area contributed by atoms with Crippen LogP contribution in [0, 0.1) is 0 Å². The smallest absolute Gasteiger partial charge is 0.253 e. The highest BCUT2D eigenvalue weighted by atomic mass is 35.5. The van der Waals surface area contributed by atoms with Crippen molar-refractivity contribution in [2.24, 2.45) is 0 Å². The molecule has 0 radical (unpaired) electrons. The molecule has 0 N–H and O–H groups in total. The second kappa shape index (κ2) is 10.3. The summed E-state index contributed by atoms with van der Waals surface area (Å²) < 4.78 is 28.0. The molecule has 1 fully saturated rings. The monoisotopic (exact) mass is 516 g/mol. The summed E-state index contributed by atoms with van der Waals surface area (Å²) in [6.45, 7) is 10.0. The van der Waals surface area contributed by atoms with E-state index in [1.807, 2.05) is 18.2 Å². The average Bonchev–Trinajstić information content (AvgIpc) is 3.27. The fourth-order valence-corrected chi connectivity index (χ4v) is 6.46. The average molecular weight is 517 g/mol. The lowest BCUT2D eigenvalue weighted by molar-refractivity contribution is 0.0746. The fourth-order valence-electron chi connectivity index (χ4n) is 3.78. The number of carbonyl (C=O) groups excluding carboxylic acids is 1. The number of halogens is 1. The van der Waals surface area contributed by atoms with E-state index in [0.29, 0.717) is 36.8 Å². The summed E-state index contributed by atoms with van der Waals surface area (Å²) in [6.07, 6.45) is 3.06. The molecule has 178 valence electrons. The molecular formula is C24H25ClN4O3S2. The molecule has 0 unspecified atom stereocenters. The van der Waals surface area contributed by atoms with Gasteiger partial charge in [-0.1, -0.05) is 35.1 Å². The number of amides is 1. The number of nitrogens with zero attached hydrogens (tertiary/aromatic N) is 4. The van der Waals surface area contributed by atoms with Crippen molar-refractivity contribution in [2.45, 2.75) is 4.90 Å². The second-order valence-corrected chi connectivity index (χ2v) is 11.2. The zero-order valence-corrected chi connectivity index (χ0v) is 20.9. The summed E-state index contributed by atoms with van der Waals surface area (Å²) in [5, 5.41) is 1.61. The van der Waals surface area contributed by atoms with Crippen LogP contribution >= 0.6 is 22.9 Å². The molecule has 2 aromatic carbocycles. The van der Waals surface area contributed by atoms with E-state index in [4.69, 9.17) is 11.6 Å². The van der Waals surface area contributed by atoms with Crippen molar-refractivity contribution >= 4 is 54.2 Å². The lowest BCUT2D eigenvalue weighted by atomic mass is 10.2. The normalized spacial score (nSPS) is 14.5. The first-order valence-corrected chi connectivity index (χ1v) is 13.4. The van der Waals surface area contributed by atoms with Gasteiger partial charge in [-0.2, -0.15) is 4.31 Å². The predicted octanol–water partition coefficient (Wildman–Crippen LogP) is 4.27. The number of rotatable bonds is 8. The summed E-state index contributed by atoms with van der Waals surface area (Å²) in [6, 6.07) is 11.7. The van der Waals surface area contributed by atoms with Gasteiger partial charge in [-0.05, 0) is 42.5 Å². The molecule has 3 aromatic rings. The Balaban J connectivity index is 1.41. The Morgan fingerprint density at radius 2 is 1.71 bits per heavy atom. The number of hydrogen-bond donors (Lipinski definition) is 0. The van der Waals surface area contributed by atoms with Crippen LogP contribution in [0.25, 0.3) is 10.2 Å². The van der Waals surface area contributed by atoms with Gasteiger partial charge in [0.2, 0.25) is 10.0 Å². The van der Waals surface area contributed by atoms with E-state index in [1.54, 1.807) is 28.4 Å². The topological polar surface area (TPSA) is 73.8 Å². The Morgan fingerprint density at radius 1 is 1.06 bits per heavy atom. The minimum atomic E-state index is -3.70. The quantitative estimate of drug-likeness (QED) is 0.418. The van der Waals surface area contributed by atoms with Crippen LogP contribution < -0.4 is 4.90 Å². The largest absolute Gasteiger partial charge is 0.345 e. The highest BCUT2D eigenvalue weighted by Gasteiger charge is 2.26. The number of benzene rings is 2. The van der Waals surface area contributed by atoms with E-state index >= 15 is 0 Å². The molecule has 34 heavy (non-hydrogen) atoms. The van der Waals surface area contributed by atoms with E-state index in [2.05, 4.69) is 23.0 Å².